The van der Waals surface area contributed by atoms with Crippen molar-refractivity contribution in [1.29, 1.82) is 0 Å². The molecule has 90 valence electrons. The van der Waals surface area contributed by atoms with Crippen LogP contribution in [0.5, 0.6) is 5.75 Å². The number of aliphatic hydroxyl groups excluding tert-OH is 1. The fourth-order valence-electron chi connectivity index (χ4n) is 1.32. The first-order valence-corrected chi connectivity index (χ1v) is 5.55. The van der Waals surface area contributed by atoms with Gasteiger partial charge in [-0.1, -0.05) is 18.2 Å². The van der Waals surface area contributed by atoms with Gasteiger partial charge in [0, 0.05) is 13.0 Å². The average Bonchev–Trinajstić information content (AvgIpc) is 2.27. The Morgan fingerprint density at radius 3 is 2.62 bits per heavy atom. The Morgan fingerprint density at radius 2 is 2.06 bits per heavy atom. The van der Waals surface area contributed by atoms with E-state index in [2.05, 4.69) is 5.32 Å². The number of hydrogen-bond acceptors (Lipinski definition) is 4. The lowest BCUT2D eigenvalue weighted by atomic mass is 10.3. The maximum absolute atomic E-state index is 9.19. The normalized spacial score (nSPS) is 14.4. The van der Waals surface area contributed by atoms with Crippen LogP contribution in [0.15, 0.2) is 30.3 Å². The highest BCUT2D eigenvalue weighted by molar-refractivity contribution is 5.21. The molecule has 0 amide bonds. The van der Waals surface area contributed by atoms with Crippen molar-refractivity contribution in [2.45, 2.75) is 25.7 Å². The standard InChI is InChI=1S/C12H20N2O2/c1-10(15)9-14-12(7-8-13)16-11-5-3-2-4-6-11/h2-6,10,12,14-15H,7-9,13H2,1H3. The van der Waals surface area contributed by atoms with Crippen molar-refractivity contribution in [2.75, 3.05) is 13.1 Å². The average molecular weight is 224 g/mol. The number of benzene rings is 1. The lowest BCUT2D eigenvalue weighted by molar-refractivity contribution is 0.121. The van der Waals surface area contributed by atoms with Gasteiger partial charge in [0.05, 0.1) is 6.10 Å². The number of aliphatic hydroxyl groups is 1. The highest BCUT2D eigenvalue weighted by Gasteiger charge is 2.09. The van der Waals surface area contributed by atoms with Crippen molar-refractivity contribution in [3.63, 3.8) is 0 Å². The minimum Gasteiger partial charge on any atom is -0.475 e. The van der Waals surface area contributed by atoms with Gasteiger partial charge in [0.25, 0.3) is 0 Å². The molecule has 0 saturated heterocycles. The van der Waals surface area contributed by atoms with Crippen LogP contribution in [0.1, 0.15) is 13.3 Å². The molecule has 4 N–H and O–H groups in total. The summed E-state index contributed by atoms with van der Waals surface area (Å²) in [7, 11) is 0. The first-order valence-electron chi connectivity index (χ1n) is 5.55. The Kier molecular flexibility index (Phi) is 5.85. The lowest BCUT2D eigenvalue weighted by Crippen LogP contribution is -2.40. The molecule has 0 radical (unpaired) electrons. The molecule has 0 saturated carbocycles. The van der Waals surface area contributed by atoms with Gasteiger partial charge in [-0.05, 0) is 25.6 Å². The molecule has 1 aromatic rings. The highest BCUT2D eigenvalue weighted by atomic mass is 16.5. The Hall–Kier alpha value is -1.10. The van der Waals surface area contributed by atoms with E-state index in [1.807, 2.05) is 30.3 Å². The van der Waals surface area contributed by atoms with Gasteiger partial charge in [-0.3, -0.25) is 5.32 Å². The maximum atomic E-state index is 9.19. The number of nitrogens with one attached hydrogen (secondary N) is 1. The molecule has 1 aromatic carbocycles. The van der Waals surface area contributed by atoms with E-state index in [4.69, 9.17) is 10.5 Å². The second-order valence-corrected chi connectivity index (χ2v) is 3.75. The Labute approximate surface area is 96.4 Å². The molecule has 0 heterocycles. The van der Waals surface area contributed by atoms with Crippen LogP contribution < -0.4 is 15.8 Å². The molecule has 4 heteroatoms. The molecular weight excluding hydrogens is 204 g/mol. The zero-order valence-electron chi connectivity index (χ0n) is 9.60. The van der Waals surface area contributed by atoms with E-state index in [0.29, 0.717) is 19.5 Å². The Morgan fingerprint density at radius 1 is 1.38 bits per heavy atom. The predicted molar refractivity (Wildman–Crippen MR) is 64.2 cm³/mol. The minimum absolute atomic E-state index is 0.151. The van der Waals surface area contributed by atoms with Gasteiger partial charge in [0.2, 0.25) is 0 Å². The molecule has 0 spiro atoms. The van der Waals surface area contributed by atoms with Crippen LogP contribution in [-0.2, 0) is 0 Å². The number of rotatable bonds is 7. The molecule has 0 bridgehead atoms. The second-order valence-electron chi connectivity index (χ2n) is 3.75. The van der Waals surface area contributed by atoms with Crippen LogP contribution in [0.2, 0.25) is 0 Å². The molecular formula is C12H20N2O2. The molecule has 0 aliphatic rings. The number of nitrogens with two attached hydrogens (primary N) is 1. The van der Waals surface area contributed by atoms with E-state index in [1.54, 1.807) is 6.92 Å². The van der Waals surface area contributed by atoms with Gasteiger partial charge in [-0.2, -0.15) is 0 Å². The summed E-state index contributed by atoms with van der Waals surface area (Å²) < 4.78 is 5.70. The molecule has 2 unspecified atom stereocenters. The number of para-hydroxylation sites is 1. The molecule has 2 atom stereocenters. The summed E-state index contributed by atoms with van der Waals surface area (Å²) in [4.78, 5) is 0. The molecule has 16 heavy (non-hydrogen) atoms. The Bertz CT molecular complexity index is 278. The zero-order chi connectivity index (χ0) is 11.8. The predicted octanol–water partition coefficient (Wildman–Crippen LogP) is 0.711. The van der Waals surface area contributed by atoms with Crippen molar-refractivity contribution in [2.24, 2.45) is 5.73 Å². The molecule has 0 aliphatic heterocycles. The maximum Gasteiger partial charge on any atom is 0.151 e. The van der Waals surface area contributed by atoms with E-state index in [0.717, 1.165) is 5.75 Å². The number of ether oxygens (including phenoxy) is 1. The van der Waals surface area contributed by atoms with Crippen molar-refractivity contribution in [3.8, 4) is 5.75 Å². The monoisotopic (exact) mass is 224 g/mol. The lowest BCUT2D eigenvalue weighted by Gasteiger charge is -2.20. The van der Waals surface area contributed by atoms with E-state index >= 15 is 0 Å². The molecule has 0 aliphatic carbocycles. The fourth-order valence-corrected chi connectivity index (χ4v) is 1.32. The van der Waals surface area contributed by atoms with Crippen molar-refractivity contribution in [1.82, 2.24) is 5.32 Å². The van der Waals surface area contributed by atoms with Crippen LogP contribution in [0.3, 0.4) is 0 Å². The molecule has 1 rings (SSSR count). The Balaban J connectivity index is 2.44. The summed E-state index contributed by atoms with van der Waals surface area (Å²) in [6.07, 6.45) is 0.170. The summed E-state index contributed by atoms with van der Waals surface area (Å²) in [5.41, 5.74) is 5.51. The van der Waals surface area contributed by atoms with E-state index in [1.165, 1.54) is 0 Å². The molecule has 4 nitrogen and oxygen atoms in total. The summed E-state index contributed by atoms with van der Waals surface area (Å²) >= 11 is 0. The van der Waals surface area contributed by atoms with Crippen LogP contribution in [0.25, 0.3) is 0 Å². The largest absolute Gasteiger partial charge is 0.475 e. The smallest absolute Gasteiger partial charge is 0.151 e. The number of hydrogen-bond donors (Lipinski definition) is 3. The molecule has 0 aromatic heterocycles. The minimum atomic E-state index is -0.389. The molecule has 0 fully saturated rings. The summed E-state index contributed by atoms with van der Waals surface area (Å²) in [6, 6.07) is 9.57. The first kappa shape index (κ1) is 13.0. The quantitative estimate of drug-likeness (QED) is 0.597. The third-order valence-corrected chi connectivity index (χ3v) is 2.09. The van der Waals surface area contributed by atoms with Gasteiger partial charge < -0.3 is 15.6 Å². The van der Waals surface area contributed by atoms with E-state index in [-0.39, 0.29) is 12.3 Å². The van der Waals surface area contributed by atoms with Gasteiger partial charge in [-0.25, -0.2) is 0 Å². The van der Waals surface area contributed by atoms with Crippen LogP contribution in [0, 0.1) is 0 Å². The third kappa shape index (κ3) is 5.11. The first-order chi connectivity index (χ1) is 7.72. The third-order valence-electron chi connectivity index (χ3n) is 2.09. The van der Waals surface area contributed by atoms with Crippen LogP contribution >= 0.6 is 0 Å². The van der Waals surface area contributed by atoms with Crippen LogP contribution in [0.4, 0.5) is 0 Å². The zero-order valence-corrected chi connectivity index (χ0v) is 9.60. The van der Waals surface area contributed by atoms with Crippen molar-refractivity contribution in [3.05, 3.63) is 30.3 Å². The van der Waals surface area contributed by atoms with Crippen LogP contribution in [-0.4, -0.2) is 30.5 Å². The van der Waals surface area contributed by atoms with Gasteiger partial charge in [0.15, 0.2) is 6.23 Å². The topological polar surface area (TPSA) is 67.5 Å². The van der Waals surface area contributed by atoms with Gasteiger partial charge in [0.1, 0.15) is 5.75 Å². The van der Waals surface area contributed by atoms with E-state index < -0.39 is 0 Å². The van der Waals surface area contributed by atoms with E-state index in [9.17, 15) is 5.11 Å². The summed E-state index contributed by atoms with van der Waals surface area (Å²) in [5.74, 6) is 0.805. The summed E-state index contributed by atoms with van der Waals surface area (Å²) in [5, 5.41) is 12.3. The van der Waals surface area contributed by atoms with Crippen molar-refractivity contribution < 1.29 is 9.84 Å². The fraction of sp³-hybridized carbons (Fsp3) is 0.500. The van der Waals surface area contributed by atoms with Gasteiger partial charge >= 0.3 is 0 Å². The second kappa shape index (κ2) is 7.22. The van der Waals surface area contributed by atoms with Crippen molar-refractivity contribution >= 4 is 0 Å². The SMILES string of the molecule is CC(O)CNC(CCN)Oc1ccccc1. The highest BCUT2D eigenvalue weighted by Crippen LogP contribution is 2.11. The summed E-state index contributed by atoms with van der Waals surface area (Å²) in [6.45, 7) is 2.77. The van der Waals surface area contributed by atoms with Gasteiger partial charge in [-0.15, -0.1) is 0 Å².